The second-order valence-electron chi connectivity index (χ2n) is 6.94. The molecule has 1 aliphatic heterocycles. The average molecular weight is 387 g/mol. The lowest BCUT2D eigenvalue weighted by atomic mass is 10.0. The van der Waals surface area contributed by atoms with Crippen molar-refractivity contribution in [3.05, 3.63) is 46.5 Å². The minimum atomic E-state index is -0.220. The Morgan fingerprint density at radius 1 is 1.33 bits per heavy atom. The van der Waals surface area contributed by atoms with E-state index in [1.165, 1.54) is 22.5 Å². The number of nitrogens with one attached hydrogen (secondary N) is 2. The zero-order valence-corrected chi connectivity index (χ0v) is 16.6. The lowest BCUT2D eigenvalue weighted by Gasteiger charge is -2.33. The van der Waals surface area contributed by atoms with E-state index in [-0.39, 0.29) is 24.4 Å². The van der Waals surface area contributed by atoms with Crippen LogP contribution in [-0.2, 0) is 16.0 Å². The van der Waals surface area contributed by atoms with Gasteiger partial charge in [-0.1, -0.05) is 36.2 Å². The van der Waals surface area contributed by atoms with Crippen LogP contribution < -0.4 is 10.6 Å². The second-order valence-corrected chi connectivity index (χ2v) is 8.06. The molecule has 1 fully saturated rings. The molecular weight excluding hydrogens is 360 g/mol. The summed E-state index contributed by atoms with van der Waals surface area (Å²) in [6.45, 7) is 3.06. The number of aromatic nitrogens is 1. The number of thiazole rings is 1. The molecule has 0 spiro atoms. The first-order valence-corrected chi connectivity index (χ1v) is 10.1. The van der Waals surface area contributed by atoms with Crippen LogP contribution in [0.1, 0.15) is 35.3 Å². The largest absolute Gasteiger partial charge is 0.358 e. The van der Waals surface area contributed by atoms with Gasteiger partial charge in [0.2, 0.25) is 11.8 Å². The number of nitrogens with zero attached hydrogens (tertiary/aromatic N) is 2. The van der Waals surface area contributed by atoms with Gasteiger partial charge in [0.25, 0.3) is 0 Å². The van der Waals surface area contributed by atoms with Gasteiger partial charge in [0.15, 0.2) is 5.13 Å². The van der Waals surface area contributed by atoms with Crippen molar-refractivity contribution in [3.63, 3.8) is 0 Å². The SMILES string of the molecule is CNC(=O)C1CCCCN1CC(=O)Nc1ncc(Cc2cccc(C)c2)s1. The first-order valence-electron chi connectivity index (χ1n) is 9.31. The van der Waals surface area contributed by atoms with E-state index < -0.39 is 0 Å². The molecule has 144 valence electrons. The van der Waals surface area contributed by atoms with Crippen molar-refractivity contribution in [2.45, 2.75) is 38.6 Å². The summed E-state index contributed by atoms with van der Waals surface area (Å²) in [5.41, 5.74) is 2.47. The highest BCUT2D eigenvalue weighted by Crippen LogP contribution is 2.22. The first-order chi connectivity index (χ1) is 13.0. The number of rotatable bonds is 6. The molecule has 0 aliphatic carbocycles. The van der Waals surface area contributed by atoms with Crippen LogP contribution in [0, 0.1) is 6.92 Å². The fourth-order valence-electron chi connectivity index (χ4n) is 3.46. The van der Waals surface area contributed by atoms with E-state index >= 15 is 0 Å². The summed E-state index contributed by atoms with van der Waals surface area (Å²) in [5.74, 6) is -0.139. The monoisotopic (exact) mass is 386 g/mol. The summed E-state index contributed by atoms with van der Waals surface area (Å²) >= 11 is 1.49. The fraction of sp³-hybridized carbons (Fsp3) is 0.450. The molecule has 2 heterocycles. The molecule has 1 aliphatic rings. The van der Waals surface area contributed by atoms with Gasteiger partial charge in [-0.05, 0) is 31.9 Å². The first kappa shape index (κ1) is 19.5. The van der Waals surface area contributed by atoms with Crippen LogP contribution in [0.4, 0.5) is 5.13 Å². The normalized spacial score (nSPS) is 17.5. The van der Waals surface area contributed by atoms with E-state index in [1.54, 1.807) is 7.05 Å². The molecule has 1 unspecified atom stereocenters. The Balaban J connectivity index is 1.56. The number of benzene rings is 1. The van der Waals surface area contributed by atoms with Gasteiger partial charge in [0.05, 0.1) is 12.6 Å². The van der Waals surface area contributed by atoms with Crippen molar-refractivity contribution in [2.24, 2.45) is 0 Å². The molecule has 7 heteroatoms. The van der Waals surface area contributed by atoms with Crippen molar-refractivity contribution < 1.29 is 9.59 Å². The Morgan fingerprint density at radius 3 is 2.96 bits per heavy atom. The maximum atomic E-state index is 12.4. The Morgan fingerprint density at radius 2 is 2.19 bits per heavy atom. The average Bonchev–Trinajstić information content (AvgIpc) is 3.08. The summed E-state index contributed by atoms with van der Waals surface area (Å²) in [4.78, 5) is 31.8. The highest BCUT2D eigenvalue weighted by Gasteiger charge is 2.29. The minimum Gasteiger partial charge on any atom is -0.358 e. The number of anilines is 1. The molecule has 1 saturated heterocycles. The van der Waals surface area contributed by atoms with Crippen molar-refractivity contribution in [3.8, 4) is 0 Å². The molecule has 1 atom stereocenters. The van der Waals surface area contributed by atoms with Gasteiger partial charge in [-0.15, -0.1) is 11.3 Å². The van der Waals surface area contributed by atoms with E-state index in [0.717, 1.165) is 37.1 Å². The summed E-state index contributed by atoms with van der Waals surface area (Å²) in [5, 5.41) is 6.18. The third kappa shape index (κ3) is 5.37. The lowest BCUT2D eigenvalue weighted by molar-refractivity contribution is -0.128. The lowest BCUT2D eigenvalue weighted by Crippen LogP contribution is -2.51. The third-order valence-corrected chi connectivity index (χ3v) is 5.68. The highest BCUT2D eigenvalue weighted by molar-refractivity contribution is 7.15. The van der Waals surface area contributed by atoms with Gasteiger partial charge in [-0.2, -0.15) is 0 Å². The van der Waals surface area contributed by atoms with Gasteiger partial charge in [-0.3, -0.25) is 14.5 Å². The number of likely N-dealkylation sites (tertiary alicyclic amines) is 1. The molecule has 1 aromatic heterocycles. The predicted molar refractivity (Wildman–Crippen MR) is 108 cm³/mol. The molecule has 3 rings (SSSR count). The van der Waals surface area contributed by atoms with Gasteiger partial charge in [0, 0.05) is 24.5 Å². The van der Waals surface area contributed by atoms with Crippen LogP contribution in [-0.4, -0.2) is 47.9 Å². The number of carbonyl (C=O) groups excluding carboxylic acids is 2. The number of aryl methyl sites for hydroxylation is 1. The molecule has 6 nitrogen and oxygen atoms in total. The van der Waals surface area contributed by atoms with Gasteiger partial charge in [0.1, 0.15) is 0 Å². The standard InChI is InChI=1S/C20H26N4O2S/c1-14-6-5-7-15(10-14)11-16-12-22-20(27-16)23-18(25)13-24-9-4-3-8-17(24)19(26)21-2/h5-7,10,12,17H,3-4,8-9,11,13H2,1-2H3,(H,21,26)(H,22,23,25). The number of carbonyl (C=O) groups is 2. The number of likely N-dealkylation sites (N-methyl/N-ethyl adjacent to an activating group) is 1. The van der Waals surface area contributed by atoms with Crippen molar-refractivity contribution in [1.82, 2.24) is 15.2 Å². The number of piperidine rings is 1. The Bertz CT molecular complexity index is 805. The van der Waals surface area contributed by atoms with Gasteiger partial charge >= 0.3 is 0 Å². The van der Waals surface area contributed by atoms with Crippen LogP contribution in [0.3, 0.4) is 0 Å². The zero-order chi connectivity index (χ0) is 19.2. The van der Waals surface area contributed by atoms with Gasteiger partial charge < -0.3 is 10.6 Å². The molecule has 2 N–H and O–H groups in total. The van der Waals surface area contributed by atoms with Gasteiger partial charge in [-0.25, -0.2) is 4.98 Å². The molecule has 0 radical (unpaired) electrons. The summed E-state index contributed by atoms with van der Waals surface area (Å²) < 4.78 is 0. The quantitative estimate of drug-likeness (QED) is 0.800. The molecule has 0 saturated carbocycles. The Hall–Kier alpha value is -2.25. The van der Waals surface area contributed by atoms with E-state index in [0.29, 0.717) is 5.13 Å². The van der Waals surface area contributed by atoms with E-state index in [1.807, 2.05) is 11.1 Å². The maximum absolute atomic E-state index is 12.4. The number of amides is 2. The summed E-state index contributed by atoms with van der Waals surface area (Å²) in [6, 6.07) is 8.17. The van der Waals surface area contributed by atoms with Crippen LogP contribution in [0.5, 0.6) is 0 Å². The van der Waals surface area contributed by atoms with Crippen LogP contribution in [0.15, 0.2) is 30.5 Å². The number of hydrogen-bond donors (Lipinski definition) is 2. The summed E-state index contributed by atoms with van der Waals surface area (Å²) in [6.07, 6.45) is 5.45. The van der Waals surface area contributed by atoms with E-state index in [2.05, 4.69) is 46.8 Å². The summed E-state index contributed by atoms with van der Waals surface area (Å²) in [7, 11) is 1.64. The Labute approximate surface area is 164 Å². The van der Waals surface area contributed by atoms with Crippen molar-refractivity contribution in [1.29, 1.82) is 0 Å². The fourth-order valence-corrected chi connectivity index (χ4v) is 4.32. The third-order valence-electron chi connectivity index (χ3n) is 4.77. The predicted octanol–water partition coefficient (Wildman–Crippen LogP) is 2.58. The minimum absolute atomic E-state index is 0.0165. The second kappa shape index (κ2) is 9.10. The smallest absolute Gasteiger partial charge is 0.240 e. The topological polar surface area (TPSA) is 74.3 Å². The molecular formula is C20H26N4O2S. The Kier molecular flexibility index (Phi) is 6.58. The van der Waals surface area contributed by atoms with Crippen molar-refractivity contribution in [2.75, 3.05) is 25.5 Å². The maximum Gasteiger partial charge on any atom is 0.240 e. The molecule has 1 aromatic carbocycles. The zero-order valence-electron chi connectivity index (χ0n) is 15.8. The van der Waals surface area contributed by atoms with E-state index in [4.69, 9.17) is 0 Å². The molecule has 27 heavy (non-hydrogen) atoms. The highest BCUT2D eigenvalue weighted by atomic mass is 32.1. The molecule has 2 amide bonds. The molecule has 0 bridgehead atoms. The van der Waals surface area contributed by atoms with Crippen LogP contribution in [0.2, 0.25) is 0 Å². The van der Waals surface area contributed by atoms with Crippen molar-refractivity contribution >= 4 is 28.3 Å². The molecule has 2 aromatic rings. The number of hydrogen-bond acceptors (Lipinski definition) is 5. The van der Waals surface area contributed by atoms with E-state index in [9.17, 15) is 9.59 Å². The van der Waals surface area contributed by atoms with Crippen LogP contribution >= 0.6 is 11.3 Å². The van der Waals surface area contributed by atoms with Crippen LogP contribution in [0.25, 0.3) is 0 Å².